The van der Waals surface area contributed by atoms with Gasteiger partial charge in [-0.05, 0) is 39.7 Å². The fourth-order valence-corrected chi connectivity index (χ4v) is 3.31. The molecular formula is C23H18N2O3. The molecule has 4 aromatic carbocycles. The third kappa shape index (κ3) is 3.50. The fraction of sp³-hybridized carbons (Fsp3) is 0.0435. The number of nitrogens with zero attached hydrogens (tertiary/aromatic N) is 1. The number of hydrogen-bond acceptors (Lipinski definition) is 4. The molecule has 0 heterocycles. The molecule has 0 unspecified atom stereocenters. The molecule has 4 rings (SSSR count). The number of phenolic OH excluding ortho intramolecular Hbond substituents is 1. The zero-order valence-corrected chi connectivity index (χ0v) is 15.0. The van der Waals surface area contributed by atoms with Crippen LogP contribution in [0.1, 0.15) is 5.56 Å². The van der Waals surface area contributed by atoms with Crippen molar-refractivity contribution < 1.29 is 10.0 Å². The van der Waals surface area contributed by atoms with E-state index in [1.807, 2.05) is 66.7 Å². The molecule has 0 atom stereocenters. The smallest absolute Gasteiger partial charge is 0.266 e. The Morgan fingerprint density at radius 2 is 1.61 bits per heavy atom. The van der Waals surface area contributed by atoms with Crippen molar-refractivity contribution in [2.24, 2.45) is 0 Å². The van der Waals surface area contributed by atoms with E-state index in [4.69, 9.17) is 0 Å². The van der Waals surface area contributed by atoms with Crippen molar-refractivity contribution in [2.45, 2.75) is 6.42 Å². The molecule has 0 amide bonds. The Morgan fingerprint density at radius 1 is 0.929 bits per heavy atom. The van der Waals surface area contributed by atoms with E-state index in [1.165, 1.54) is 6.20 Å². The number of allylic oxidation sites excluding steroid dienone is 1. The minimum atomic E-state index is -0.421. The zero-order chi connectivity index (χ0) is 19.5. The van der Waals surface area contributed by atoms with E-state index in [1.54, 1.807) is 12.1 Å². The van der Waals surface area contributed by atoms with E-state index in [-0.39, 0.29) is 17.9 Å². The predicted octanol–water partition coefficient (Wildman–Crippen LogP) is 5.47. The van der Waals surface area contributed by atoms with E-state index in [0.717, 1.165) is 27.2 Å². The zero-order valence-electron chi connectivity index (χ0n) is 15.0. The van der Waals surface area contributed by atoms with Crippen LogP contribution in [0, 0.1) is 10.1 Å². The van der Waals surface area contributed by atoms with Crippen molar-refractivity contribution in [3.8, 4) is 5.75 Å². The van der Waals surface area contributed by atoms with Gasteiger partial charge in [-0.1, -0.05) is 60.7 Å². The Balaban J connectivity index is 1.66. The minimum Gasteiger partial charge on any atom is -0.508 e. The molecule has 138 valence electrons. The summed E-state index contributed by atoms with van der Waals surface area (Å²) in [5.41, 5.74) is 1.28. The van der Waals surface area contributed by atoms with Crippen molar-refractivity contribution in [1.82, 2.24) is 0 Å². The van der Waals surface area contributed by atoms with E-state index < -0.39 is 4.92 Å². The van der Waals surface area contributed by atoms with Crippen LogP contribution in [0.15, 0.2) is 90.8 Å². The summed E-state index contributed by atoms with van der Waals surface area (Å²) in [6.45, 7) is 0. The van der Waals surface area contributed by atoms with Crippen LogP contribution in [0.5, 0.6) is 5.75 Å². The van der Waals surface area contributed by atoms with Gasteiger partial charge in [0.15, 0.2) is 0 Å². The highest BCUT2D eigenvalue weighted by Crippen LogP contribution is 2.29. The first kappa shape index (κ1) is 17.5. The molecule has 5 heteroatoms. The van der Waals surface area contributed by atoms with Gasteiger partial charge in [0.1, 0.15) is 5.75 Å². The fourth-order valence-electron chi connectivity index (χ4n) is 3.31. The first-order chi connectivity index (χ1) is 13.6. The molecule has 0 radical (unpaired) electrons. The van der Waals surface area contributed by atoms with Gasteiger partial charge < -0.3 is 10.4 Å². The summed E-state index contributed by atoms with van der Waals surface area (Å²) in [6.07, 6.45) is 1.41. The molecule has 0 bridgehead atoms. The molecule has 0 aromatic heterocycles. The Hall–Kier alpha value is -3.86. The van der Waals surface area contributed by atoms with E-state index in [9.17, 15) is 15.2 Å². The van der Waals surface area contributed by atoms with Crippen molar-refractivity contribution >= 4 is 27.2 Å². The van der Waals surface area contributed by atoms with Crippen LogP contribution in [0.2, 0.25) is 0 Å². The SMILES string of the molecule is O=[N+]([O-])C(=CNc1ccc2ccccc2c1)Cc1c(O)ccc2ccccc12. The molecule has 0 saturated carbocycles. The van der Waals surface area contributed by atoms with Gasteiger partial charge in [0.25, 0.3) is 5.70 Å². The predicted molar refractivity (Wildman–Crippen MR) is 112 cm³/mol. The van der Waals surface area contributed by atoms with Crippen LogP contribution in [-0.4, -0.2) is 10.0 Å². The number of fused-ring (bicyclic) bond motifs is 2. The number of anilines is 1. The van der Waals surface area contributed by atoms with Gasteiger partial charge in [0, 0.05) is 11.3 Å². The molecule has 0 aliphatic heterocycles. The molecular weight excluding hydrogens is 352 g/mol. The number of nitro groups is 1. The molecule has 28 heavy (non-hydrogen) atoms. The third-order valence-electron chi connectivity index (χ3n) is 4.76. The van der Waals surface area contributed by atoms with Crippen LogP contribution >= 0.6 is 0 Å². The van der Waals surface area contributed by atoms with Crippen molar-refractivity contribution in [3.63, 3.8) is 0 Å². The second kappa shape index (κ2) is 7.40. The molecule has 4 aromatic rings. The van der Waals surface area contributed by atoms with Crippen LogP contribution < -0.4 is 5.32 Å². The molecule has 0 aliphatic rings. The average molecular weight is 370 g/mol. The summed E-state index contributed by atoms with van der Waals surface area (Å²) in [5, 5.41) is 28.8. The Kier molecular flexibility index (Phi) is 4.64. The number of aromatic hydroxyl groups is 1. The largest absolute Gasteiger partial charge is 0.508 e. The lowest BCUT2D eigenvalue weighted by molar-refractivity contribution is -0.427. The van der Waals surface area contributed by atoms with Crippen LogP contribution in [0.4, 0.5) is 5.69 Å². The summed E-state index contributed by atoms with van der Waals surface area (Å²) in [5.74, 6) is 0.0529. The summed E-state index contributed by atoms with van der Waals surface area (Å²) in [4.78, 5) is 11.2. The van der Waals surface area contributed by atoms with Crippen molar-refractivity contribution in [1.29, 1.82) is 0 Å². The van der Waals surface area contributed by atoms with Gasteiger partial charge >= 0.3 is 0 Å². The van der Waals surface area contributed by atoms with Gasteiger partial charge in [-0.3, -0.25) is 10.1 Å². The number of benzene rings is 4. The maximum absolute atomic E-state index is 11.6. The average Bonchev–Trinajstić information content (AvgIpc) is 2.72. The summed E-state index contributed by atoms with van der Waals surface area (Å²) in [7, 11) is 0. The van der Waals surface area contributed by atoms with Crippen LogP contribution in [-0.2, 0) is 6.42 Å². The lowest BCUT2D eigenvalue weighted by Crippen LogP contribution is -2.06. The third-order valence-corrected chi connectivity index (χ3v) is 4.76. The molecule has 0 fully saturated rings. The van der Waals surface area contributed by atoms with Gasteiger partial charge in [-0.15, -0.1) is 0 Å². The number of phenols is 1. The maximum Gasteiger partial charge on any atom is 0.266 e. The number of hydrogen-bond donors (Lipinski definition) is 2. The monoisotopic (exact) mass is 370 g/mol. The van der Waals surface area contributed by atoms with Crippen LogP contribution in [0.3, 0.4) is 0 Å². The molecule has 2 N–H and O–H groups in total. The van der Waals surface area contributed by atoms with Crippen molar-refractivity contribution in [3.05, 3.63) is 106 Å². The second-order valence-electron chi connectivity index (χ2n) is 6.56. The summed E-state index contributed by atoms with van der Waals surface area (Å²) in [6, 6.07) is 24.6. The standard InChI is InChI=1S/C23H18N2O3/c26-23-12-10-17-6-3-4-8-21(17)22(23)14-20(25(27)28)15-24-19-11-9-16-5-1-2-7-18(16)13-19/h1-13,15,24,26H,14H2. The van der Waals surface area contributed by atoms with Gasteiger partial charge in [-0.2, -0.15) is 0 Å². The lowest BCUT2D eigenvalue weighted by atomic mass is 10.00. The lowest BCUT2D eigenvalue weighted by Gasteiger charge is -2.09. The van der Waals surface area contributed by atoms with E-state index >= 15 is 0 Å². The Labute approximate surface area is 161 Å². The number of nitrogens with one attached hydrogen (secondary N) is 1. The highest BCUT2D eigenvalue weighted by molar-refractivity contribution is 5.88. The molecule has 0 saturated heterocycles. The highest BCUT2D eigenvalue weighted by Gasteiger charge is 2.17. The van der Waals surface area contributed by atoms with Gasteiger partial charge in [-0.25, -0.2) is 0 Å². The Morgan fingerprint density at radius 3 is 2.39 bits per heavy atom. The molecule has 0 aliphatic carbocycles. The van der Waals surface area contributed by atoms with E-state index in [0.29, 0.717) is 5.56 Å². The first-order valence-electron chi connectivity index (χ1n) is 8.90. The topological polar surface area (TPSA) is 75.4 Å². The van der Waals surface area contributed by atoms with Crippen LogP contribution in [0.25, 0.3) is 21.5 Å². The second-order valence-corrected chi connectivity index (χ2v) is 6.56. The minimum absolute atomic E-state index is 0.0147. The molecule has 0 spiro atoms. The van der Waals surface area contributed by atoms with Crippen molar-refractivity contribution in [2.75, 3.05) is 5.32 Å². The van der Waals surface area contributed by atoms with Gasteiger partial charge in [0.05, 0.1) is 17.5 Å². The highest BCUT2D eigenvalue weighted by atomic mass is 16.6. The molecule has 5 nitrogen and oxygen atoms in total. The summed E-state index contributed by atoms with van der Waals surface area (Å²) < 4.78 is 0. The van der Waals surface area contributed by atoms with Gasteiger partial charge in [0.2, 0.25) is 0 Å². The maximum atomic E-state index is 11.6. The first-order valence-corrected chi connectivity index (χ1v) is 8.90. The van der Waals surface area contributed by atoms with E-state index in [2.05, 4.69) is 5.32 Å². The summed E-state index contributed by atoms with van der Waals surface area (Å²) >= 11 is 0. The number of rotatable bonds is 5. The normalized spacial score (nSPS) is 11.6. The quantitative estimate of drug-likeness (QED) is 0.361. The Bertz CT molecular complexity index is 1210.